The third kappa shape index (κ3) is 4.85. The minimum atomic E-state index is 0.163. The third-order valence-corrected chi connectivity index (χ3v) is 0.826. The monoisotopic (exact) mass is 150 g/mol. The molecule has 0 rings (SSSR count). The Bertz CT molecular complexity index is 242. The normalized spacial score (nSPS) is 13.5. The maximum atomic E-state index is 8.20. The number of nitrogens with two attached hydrogens (primary N) is 1. The molecule has 0 aliphatic carbocycles. The molecule has 0 spiro atoms. The molecule has 58 valence electrons. The molecule has 0 atom stereocenters. The van der Waals surface area contributed by atoms with Gasteiger partial charge >= 0.3 is 0 Å². The van der Waals surface area contributed by atoms with Gasteiger partial charge in [0, 0.05) is 12.3 Å². The fourth-order valence-corrected chi connectivity index (χ4v) is 0.468. The molecule has 0 unspecified atom stereocenters. The van der Waals surface area contributed by atoms with Crippen LogP contribution in [0.1, 0.15) is 13.8 Å². The molecule has 0 fully saturated rings. The van der Waals surface area contributed by atoms with Gasteiger partial charge in [-0.3, -0.25) is 0 Å². The Hall–Kier alpha value is -1.63. The van der Waals surface area contributed by atoms with Crippen molar-refractivity contribution in [2.75, 3.05) is 0 Å². The predicted molar refractivity (Wildman–Crippen MR) is 45.2 cm³/mol. The molecule has 0 aliphatic heterocycles. The van der Waals surface area contributed by atoms with E-state index in [9.17, 15) is 0 Å². The number of nitrogens with zero attached hydrogens (tertiary/aromatic N) is 3. The summed E-state index contributed by atoms with van der Waals surface area (Å²) in [6.07, 6.45) is 2.84. The van der Waals surface area contributed by atoms with Gasteiger partial charge in [-0.05, 0) is 13.8 Å². The number of allylic oxidation sites excluding steroid dienone is 2. The largest absolute Gasteiger partial charge is 0.368 e. The Balaban J connectivity index is 4.33. The van der Waals surface area contributed by atoms with Crippen molar-refractivity contribution in [3.8, 4) is 6.07 Å². The van der Waals surface area contributed by atoms with Crippen LogP contribution >= 0.6 is 0 Å². The molecule has 0 aromatic rings. The first-order valence-electron chi connectivity index (χ1n) is 3.10. The molecule has 4 nitrogen and oxygen atoms in total. The van der Waals surface area contributed by atoms with E-state index in [1.54, 1.807) is 20.1 Å². The van der Waals surface area contributed by atoms with Gasteiger partial charge in [0.25, 0.3) is 0 Å². The van der Waals surface area contributed by atoms with Crippen molar-refractivity contribution in [1.29, 1.82) is 5.26 Å². The summed E-state index contributed by atoms with van der Waals surface area (Å²) in [6.45, 7) is 3.42. The van der Waals surface area contributed by atoms with Gasteiger partial charge in [0.2, 0.25) is 5.96 Å². The van der Waals surface area contributed by atoms with Gasteiger partial charge in [0.15, 0.2) is 0 Å². The lowest BCUT2D eigenvalue weighted by molar-refractivity contribution is 1.27. The molecule has 0 saturated heterocycles. The first kappa shape index (κ1) is 9.37. The molecule has 2 N–H and O–H groups in total. The molecule has 0 radical (unpaired) electrons. The summed E-state index contributed by atoms with van der Waals surface area (Å²) in [5, 5.41) is 8.20. The van der Waals surface area contributed by atoms with Gasteiger partial charge in [-0.2, -0.15) is 5.26 Å². The molecule has 4 heteroatoms. The summed E-state index contributed by atoms with van der Waals surface area (Å²) in [7, 11) is 0. The average molecular weight is 150 g/mol. The highest BCUT2D eigenvalue weighted by atomic mass is 15.0. The predicted octanol–water partition coefficient (Wildman–Crippen LogP) is 0.819. The molecule has 0 aromatic heterocycles. The summed E-state index contributed by atoms with van der Waals surface area (Å²) in [4.78, 5) is 7.49. The Morgan fingerprint density at radius 2 is 2.27 bits per heavy atom. The quantitative estimate of drug-likeness (QED) is 0.341. The Labute approximate surface area is 65.8 Å². The van der Waals surface area contributed by atoms with Crippen LogP contribution in [0.4, 0.5) is 0 Å². The molecule has 0 aliphatic rings. The van der Waals surface area contributed by atoms with E-state index in [1.165, 1.54) is 6.08 Å². The van der Waals surface area contributed by atoms with Crippen molar-refractivity contribution in [2.24, 2.45) is 15.7 Å². The molecule has 11 heavy (non-hydrogen) atoms. The summed E-state index contributed by atoms with van der Waals surface area (Å²) in [6, 6.07) is 1.84. The van der Waals surface area contributed by atoms with Gasteiger partial charge < -0.3 is 5.73 Å². The minimum Gasteiger partial charge on any atom is -0.368 e. The topological polar surface area (TPSA) is 74.5 Å². The zero-order chi connectivity index (χ0) is 8.69. The summed E-state index contributed by atoms with van der Waals surface area (Å²) in [5.41, 5.74) is 5.87. The van der Waals surface area contributed by atoms with E-state index in [2.05, 4.69) is 9.98 Å². The molecule has 0 aromatic carbocycles. The van der Waals surface area contributed by atoms with Crippen LogP contribution in [0.15, 0.2) is 21.8 Å². The fourth-order valence-electron chi connectivity index (χ4n) is 0.468. The summed E-state index contributed by atoms with van der Waals surface area (Å²) in [5.74, 6) is 0.163. The number of guanidine groups is 1. The van der Waals surface area contributed by atoms with Crippen LogP contribution in [-0.4, -0.2) is 12.2 Å². The van der Waals surface area contributed by atoms with Gasteiger partial charge in [-0.15, -0.1) is 0 Å². The van der Waals surface area contributed by atoms with Crippen molar-refractivity contribution in [3.05, 3.63) is 11.8 Å². The number of rotatable bonds is 1. The lowest BCUT2D eigenvalue weighted by Gasteiger charge is -1.89. The van der Waals surface area contributed by atoms with E-state index in [-0.39, 0.29) is 5.96 Å². The van der Waals surface area contributed by atoms with Crippen molar-refractivity contribution >= 4 is 12.2 Å². The summed E-state index contributed by atoms with van der Waals surface area (Å²) >= 11 is 0. The Kier molecular flexibility index (Phi) is 4.41. The van der Waals surface area contributed by atoms with E-state index in [1.807, 2.05) is 6.07 Å². The molecule has 0 amide bonds. The lowest BCUT2D eigenvalue weighted by atomic mass is 10.5. The highest BCUT2D eigenvalue weighted by Gasteiger charge is 1.85. The Morgan fingerprint density at radius 1 is 1.64 bits per heavy atom. The van der Waals surface area contributed by atoms with E-state index in [0.717, 1.165) is 0 Å². The highest BCUT2D eigenvalue weighted by molar-refractivity contribution is 5.86. The minimum absolute atomic E-state index is 0.163. The molecule has 0 saturated carbocycles. The van der Waals surface area contributed by atoms with Crippen LogP contribution < -0.4 is 5.73 Å². The van der Waals surface area contributed by atoms with E-state index in [4.69, 9.17) is 11.0 Å². The second kappa shape index (κ2) is 5.18. The highest BCUT2D eigenvalue weighted by Crippen LogP contribution is 1.92. The van der Waals surface area contributed by atoms with Gasteiger partial charge in [0.05, 0.1) is 11.8 Å². The van der Waals surface area contributed by atoms with Crippen LogP contribution in [0.2, 0.25) is 0 Å². The lowest BCUT2D eigenvalue weighted by Crippen LogP contribution is -2.07. The molecule has 0 heterocycles. The van der Waals surface area contributed by atoms with E-state index < -0.39 is 0 Å². The number of hydrogen-bond donors (Lipinski definition) is 1. The van der Waals surface area contributed by atoms with E-state index in [0.29, 0.717) is 5.70 Å². The van der Waals surface area contributed by atoms with Crippen molar-refractivity contribution < 1.29 is 0 Å². The van der Waals surface area contributed by atoms with Crippen molar-refractivity contribution in [3.63, 3.8) is 0 Å². The van der Waals surface area contributed by atoms with Crippen LogP contribution in [0.25, 0.3) is 0 Å². The Morgan fingerprint density at radius 3 is 2.73 bits per heavy atom. The maximum absolute atomic E-state index is 8.20. The second-order valence-corrected chi connectivity index (χ2v) is 1.77. The fraction of sp³-hybridized carbons (Fsp3) is 0.286. The van der Waals surface area contributed by atoms with Crippen molar-refractivity contribution in [2.45, 2.75) is 13.8 Å². The maximum Gasteiger partial charge on any atom is 0.219 e. The first-order valence-corrected chi connectivity index (χ1v) is 3.10. The van der Waals surface area contributed by atoms with Crippen molar-refractivity contribution in [1.82, 2.24) is 0 Å². The summed E-state index contributed by atoms with van der Waals surface area (Å²) < 4.78 is 0. The smallest absolute Gasteiger partial charge is 0.219 e. The number of aliphatic imine (C=N–C) groups is 2. The molecular weight excluding hydrogens is 140 g/mol. The van der Waals surface area contributed by atoms with Gasteiger partial charge in [-0.1, -0.05) is 0 Å². The first-order chi connectivity index (χ1) is 5.20. The second-order valence-electron chi connectivity index (χ2n) is 1.77. The SMILES string of the molecule is C\C=N/C(N)=N\C(C)=C\C#N. The average Bonchev–Trinajstić information content (AvgIpc) is 1.87. The number of nitriles is 1. The number of hydrogen-bond acceptors (Lipinski definition) is 2. The van der Waals surface area contributed by atoms with Gasteiger partial charge in [0.1, 0.15) is 0 Å². The van der Waals surface area contributed by atoms with Gasteiger partial charge in [-0.25, -0.2) is 9.98 Å². The zero-order valence-corrected chi connectivity index (χ0v) is 6.57. The van der Waals surface area contributed by atoms with Crippen LogP contribution in [-0.2, 0) is 0 Å². The molecule has 0 bridgehead atoms. The zero-order valence-electron chi connectivity index (χ0n) is 6.57. The van der Waals surface area contributed by atoms with Crippen LogP contribution in [0, 0.1) is 11.3 Å². The standard InChI is InChI=1S/C7H10N4/c1-3-10-7(9)11-6(2)4-5-8/h3-4H,1-2H3,(H2,9,11)/b6-4+,10-3-. The molecular formula is C7H10N4. The van der Waals surface area contributed by atoms with E-state index >= 15 is 0 Å². The van der Waals surface area contributed by atoms with Crippen LogP contribution in [0.3, 0.4) is 0 Å². The third-order valence-electron chi connectivity index (χ3n) is 0.826. The van der Waals surface area contributed by atoms with Crippen LogP contribution in [0.5, 0.6) is 0 Å².